The van der Waals surface area contributed by atoms with Crippen LogP contribution in [-0.2, 0) is 33.6 Å². The van der Waals surface area contributed by atoms with Crippen molar-refractivity contribution in [1.29, 1.82) is 0 Å². The average Bonchev–Trinajstić information content (AvgIpc) is 1.64. The van der Waals surface area contributed by atoms with Gasteiger partial charge in [-0.15, -0.1) is 0 Å². The molecule has 9 heterocycles. The number of likely N-dealkylation sites (tertiary alicyclic amines) is 4. The zero-order chi connectivity index (χ0) is 96.6. The third-order valence-electron chi connectivity index (χ3n) is 26.0. The van der Waals surface area contributed by atoms with E-state index < -0.39 is 5.91 Å². The minimum absolute atomic E-state index is 0.00540. The van der Waals surface area contributed by atoms with Crippen LogP contribution < -0.4 is 56.2 Å². The monoisotopic (exact) mass is 1880 g/mol. The van der Waals surface area contributed by atoms with E-state index >= 15 is 0 Å². The van der Waals surface area contributed by atoms with E-state index in [1.165, 1.54) is 95.5 Å². The minimum Gasteiger partial charge on any atom is -0.492 e. The van der Waals surface area contributed by atoms with Crippen molar-refractivity contribution in [3.8, 4) is 67.5 Å². The van der Waals surface area contributed by atoms with Crippen molar-refractivity contribution in [2.75, 3.05) is 132 Å². The van der Waals surface area contributed by atoms with Crippen molar-refractivity contribution < 1.29 is 76.1 Å². The van der Waals surface area contributed by atoms with Gasteiger partial charge >= 0.3 is 0 Å². The Morgan fingerprint density at radius 3 is 1.13 bits per heavy atom. The largest absolute Gasteiger partial charge is 0.492 e. The molecule has 10 aromatic carbocycles. The Morgan fingerprint density at radius 1 is 0.321 bits per heavy atom. The highest BCUT2D eigenvalue weighted by Gasteiger charge is 2.32. The fraction of sp³-hybridized carbons (Fsp3) is 0.277. The number of nitrogens with one attached hydrogen (secondary N) is 8. The molecule has 4 fully saturated rings. The SMILES string of the molecule is O=C(Nc1ccccc1-c1c[nH]c2c1C(=O)C=CC2=O)c1ccc(OCCN2CCCCC2)cc1.O=C1Cc2c(-c3cccc(NC(=O)c4ccc(OCCN5CCCCC5)cc4)c3)coc2C(=O)N1.O=C1Cc2c(cccc2-c2cccc(NC(=O)c3ccc(OCCN4CCCCC4)cc3)c2)C(=O)N1.O=C1Cc2c(cccc2-c2cccc(NC(=O)c3ccc(OCCN4CCCCC4)cc3)c2)N1. The van der Waals surface area contributed by atoms with Gasteiger partial charge < -0.3 is 54.9 Å². The number of benzene rings is 10. The number of anilines is 5. The molecule has 8 N–H and O–H groups in total. The summed E-state index contributed by atoms with van der Waals surface area (Å²) in [5.74, 6) is 0.136. The molecule has 0 saturated carbocycles. The molecule has 0 bridgehead atoms. The molecule has 716 valence electrons. The molecule has 28 nitrogen and oxygen atoms in total. The maximum absolute atomic E-state index is 13.0. The second-order valence-corrected chi connectivity index (χ2v) is 35.7. The second-order valence-electron chi connectivity index (χ2n) is 35.7. The van der Waals surface area contributed by atoms with E-state index in [4.69, 9.17) is 23.4 Å². The maximum Gasteiger partial charge on any atom is 0.293 e. The quantitative estimate of drug-likeness (QED) is 0.0211. The third-order valence-corrected chi connectivity index (χ3v) is 26.0. The van der Waals surface area contributed by atoms with Gasteiger partial charge in [-0.25, -0.2) is 0 Å². The Balaban J connectivity index is 0.000000129. The van der Waals surface area contributed by atoms with Gasteiger partial charge in [0.15, 0.2) is 11.5 Å². The van der Waals surface area contributed by atoms with Crippen LogP contribution in [-0.4, -0.2) is 194 Å². The summed E-state index contributed by atoms with van der Waals surface area (Å²) in [5, 5.41) is 19.2. The molecule has 1 aliphatic carbocycles. The average molecular weight is 1880 g/mol. The molecule has 9 amide bonds. The minimum atomic E-state index is -0.536. The normalized spacial score (nSPS) is 15.7. The molecule has 2 aromatic heterocycles. The first kappa shape index (κ1) is 96.2. The van der Waals surface area contributed by atoms with Crippen molar-refractivity contribution in [1.82, 2.24) is 35.2 Å². The number of piperidine rings is 4. The summed E-state index contributed by atoms with van der Waals surface area (Å²) in [5.41, 5.74) is 15.0. The van der Waals surface area contributed by atoms with Crippen molar-refractivity contribution in [3.05, 3.63) is 317 Å². The second kappa shape index (κ2) is 46.6. The molecule has 20 rings (SSSR count). The number of aromatic amines is 1. The van der Waals surface area contributed by atoms with E-state index in [-0.39, 0.29) is 83.1 Å². The van der Waals surface area contributed by atoms with Gasteiger partial charge in [-0.3, -0.25) is 83.0 Å². The van der Waals surface area contributed by atoms with Crippen LogP contribution in [0.25, 0.3) is 44.5 Å². The van der Waals surface area contributed by atoms with Crippen LogP contribution in [0.2, 0.25) is 0 Å². The van der Waals surface area contributed by atoms with Crippen LogP contribution >= 0.6 is 0 Å². The molecule has 28 heteroatoms. The first-order chi connectivity index (χ1) is 68.4. The van der Waals surface area contributed by atoms with Gasteiger partial charge in [-0.2, -0.15) is 0 Å². The lowest BCUT2D eigenvalue weighted by molar-refractivity contribution is -0.120. The third kappa shape index (κ3) is 25.1. The predicted octanol–water partition coefficient (Wildman–Crippen LogP) is 17.9. The summed E-state index contributed by atoms with van der Waals surface area (Å²) in [4.78, 5) is 148. The number of amides is 9. The van der Waals surface area contributed by atoms with Crippen LogP contribution in [0.1, 0.15) is 177 Å². The summed E-state index contributed by atoms with van der Waals surface area (Å²) in [6.07, 6.45) is 21.6. The molecule has 8 aliphatic rings. The predicted molar refractivity (Wildman–Crippen MR) is 537 cm³/mol. The number of rotatable bonds is 28. The number of aromatic nitrogens is 1. The van der Waals surface area contributed by atoms with E-state index in [2.05, 4.69) is 61.8 Å². The van der Waals surface area contributed by atoms with Crippen molar-refractivity contribution >= 4 is 93.2 Å². The number of ketones is 2. The number of carbonyl (C=O) groups is 11. The maximum atomic E-state index is 13.0. The lowest BCUT2D eigenvalue weighted by Gasteiger charge is -2.26. The summed E-state index contributed by atoms with van der Waals surface area (Å²) in [7, 11) is 0. The number of hydrogen-bond acceptors (Lipinski definition) is 20. The van der Waals surface area contributed by atoms with E-state index in [0.717, 1.165) is 141 Å². The highest BCUT2D eigenvalue weighted by molar-refractivity contribution is 6.24. The molecule has 140 heavy (non-hydrogen) atoms. The molecule has 12 aromatic rings. The Labute approximate surface area is 812 Å². The Kier molecular flexibility index (Phi) is 32.0. The number of hydrogen-bond donors (Lipinski definition) is 8. The van der Waals surface area contributed by atoms with E-state index in [1.807, 2.05) is 121 Å². The zero-order valence-electron chi connectivity index (χ0n) is 78.0. The molecule has 4 saturated heterocycles. The Hall–Kier alpha value is -15.5. The number of ether oxygens (including phenoxy) is 4. The van der Waals surface area contributed by atoms with Crippen molar-refractivity contribution in [2.24, 2.45) is 0 Å². The fourth-order valence-corrected chi connectivity index (χ4v) is 18.6. The van der Waals surface area contributed by atoms with Gasteiger partial charge in [-0.1, -0.05) is 105 Å². The molecular weight excluding hydrogens is 1770 g/mol. The van der Waals surface area contributed by atoms with Crippen LogP contribution in [0.5, 0.6) is 23.0 Å². The smallest absolute Gasteiger partial charge is 0.293 e. The summed E-state index contributed by atoms with van der Waals surface area (Å²) < 4.78 is 28.8. The number of H-pyrrole nitrogens is 1. The topological polar surface area (TPSA) is 351 Å². The number of carbonyl (C=O) groups excluding carboxylic acids is 11. The molecule has 0 atom stereocenters. The van der Waals surface area contributed by atoms with E-state index in [0.29, 0.717) is 117 Å². The van der Waals surface area contributed by atoms with Crippen LogP contribution in [0.4, 0.5) is 28.4 Å². The van der Waals surface area contributed by atoms with Crippen LogP contribution in [0, 0.1) is 0 Å². The highest BCUT2D eigenvalue weighted by atomic mass is 16.5. The van der Waals surface area contributed by atoms with Gasteiger partial charge in [-0.05, 0) is 306 Å². The Bertz CT molecular complexity index is 6560. The van der Waals surface area contributed by atoms with Crippen LogP contribution in [0.15, 0.2) is 260 Å². The first-order valence-corrected chi connectivity index (χ1v) is 48.2. The first-order valence-electron chi connectivity index (χ1n) is 48.2. The zero-order valence-corrected chi connectivity index (χ0v) is 78.0. The number of allylic oxidation sites excluding steroid dienone is 2. The molecular formula is C112H112N12O16. The summed E-state index contributed by atoms with van der Waals surface area (Å²) in [6, 6.07) is 69.4. The van der Waals surface area contributed by atoms with Crippen molar-refractivity contribution in [3.63, 3.8) is 0 Å². The summed E-state index contributed by atoms with van der Waals surface area (Å²) in [6.45, 7) is 15.4. The number of furan rings is 1. The molecule has 0 radical (unpaired) electrons. The number of para-hydroxylation sites is 1. The highest BCUT2D eigenvalue weighted by Crippen LogP contribution is 2.39. The Morgan fingerprint density at radius 2 is 0.679 bits per heavy atom. The molecule has 7 aliphatic heterocycles. The lowest BCUT2D eigenvalue weighted by Crippen LogP contribution is -2.37. The van der Waals surface area contributed by atoms with Gasteiger partial charge in [0.1, 0.15) is 49.4 Å². The van der Waals surface area contributed by atoms with Gasteiger partial charge in [0.25, 0.3) is 35.4 Å². The number of nitrogens with zero attached hydrogens (tertiary/aromatic N) is 4. The summed E-state index contributed by atoms with van der Waals surface area (Å²) >= 11 is 0. The van der Waals surface area contributed by atoms with E-state index in [9.17, 15) is 52.7 Å². The van der Waals surface area contributed by atoms with Crippen molar-refractivity contribution in [2.45, 2.75) is 96.3 Å². The lowest BCUT2D eigenvalue weighted by atomic mass is 9.90. The number of fused-ring (bicyclic) bond motifs is 4. The van der Waals surface area contributed by atoms with E-state index in [1.54, 1.807) is 115 Å². The van der Waals surface area contributed by atoms with Gasteiger partial charge in [0.2, 0.25) is 23.5 Å². The molecule has 0 spiro atoms. The fourth-order valence-electron chi connectivity index (χ4n) is 18.6. The van der Waals surface area contributed by atoms with Gasteiger partial charge in [0.05, 0.1) is 36.8 Å². The van der Waals surface area contributed by atoms with Crippen LogP contribution in [0.3, 0.4) is 0 Å². The number of imide groups is 2. The molecule has 0 unspecified atom stereocenters. The standard InChI is InChI=1S/C29H29N3O4.C28H27N3O4.C28H29N3O3.C27H27N3O5/c33-27-19-26-24(8-5-9-25(26)29(35)31-27)21-6-4-7-22(18-21)30-28(34)20-10-12-23(13-11-20)36-17-16-32-14-2-1-3-15-32;32-24-12-13-25(33)27-26(24)22(18-29-27)21-6-2-3-7-23(21)30-28(34)19-8-10-20(11-9-19)35-17-16-31-14-4-1-5-15-31;32-27-19-25-24(8-5-9-26(25)30-27)21-6-4-7-22(18-21)29-28(33)20-10-12-23(13-11-20)34-17-16-31-14-2-1-3-15-31;31-24-16-22-23(17-35-25(22)27(33)29-24)19-5-4-6-20(15-19)28-26(32)18-7-9-21(10-8-18)34-14-13-30-11-2-1-3-12-30/h4-13,18H,1-3,14-17,19H2,(H,30,34)(H,31,33,35);2-3,6-13,18,29H,1,4-5,14-17H2,(H,30,34);4-13,18H,1-3,14-17,19H2,(H,29,33)(H,30,32);4-10,15,17H,1-3,11-14,16H2,(H,28,32)(H,29,31,33). The van der Waals surface area contributed by atoms with Gasteiger partial charge in [0, 0.05) is 111 Å².